The first-order valence-corrected chi connectivity index (χ1v) is 11.0. The lowest BCUT2D eigenvalue weighted by Crippen LogP contribution is -2.18. The molecule has 0 spiro atoms. The molecular formula is C23H14F6N4O3S. The van der Waals surface area contributed by atoms with Gasteiger partial charge in [0.1, 0.15) is 17.2 Å². The molecule has 7 nitrogen and oxygen atoms in total. The Balaban J connectivity index is 1.57. The molecular weight excluding hydrogens is 526 g/mol. The van der Waals surface area contributed by atoms with Gasteiger partial charge in [-0.05, 0) is 36.4 Å². The van der Waals surface area contributed by atoms with Crippen molar-refractivity contribution in [2.45, 2.75) is 12.4 Å². The van der Waals surface area contributed by atoms with Gasteiger partial charge in [0.05, 0.1) is 21.3 Å². The molecule has 0 atom stereocenters. The quantitative estimate of drug-likeness (QED) is 0.297. The number of nitrogens with one attached hydrogen (secondary N) is 2. The lowest BCUT2D eigenvalue weighted by molar-refractivity contribution is -0.143. The van der Waals surface area contributed by atoms with Gasteiger partial charge in [0.15, 0.2) is 5.13 Å². The van der Waals surface area contributed by atoms with Crippen molar-refractivity contribution in [3.05, 3.63) is 77.1 Å². The van der Waals surface area contributed by atoms with Crippen molar-refractivity contribution in [1.29, 1.82) is 0 Å². The number of alkyl halides is 6. The van der Waals surface area contributed by atoms with Crippen LogP contribution >= 0.6 is 11.3 Å². The van der Waals surface area contributed by atoms with Crippen LogP contribution < -0.4 is 15.4 Å². The van der Waals surface area contributed by atoms with Gasteiger partial charge in [0, 0.05) is 30.9 Å². The maximum Gasteiger partial charge on any atom is 0.416 e. The first kappa shape index (κ1) is 25.9. The van der Waals surface area contributed by atoms with Crippen molar-refractivity contribution in [2.75, 3.05) is 12.4 Å². The van der Waals surface area contributed by atoms with Crippen LogP contribution in [0.5, 0.6) is 11.5 Å². The summed E-state index contributed by atoms with van der Waals surface area (Å²) in [5.74, 6) is -0.940. The zero-order chi connectivity index (χ0) is 27.0. The number of amides is 2. The zero-order valence-corrected chi connectivity index (χ0v) is 19.3. The predicted molar refractivity (Wildman–Crippen MR) is 122 cm³/mol. The van der Waals surface area contributed by atoms with Crippen LogP contribution in [-0.4, -0.2) is 28.8 Å². The highest BCUT2D eigenvalue weighted by molar-refractivity contribution is 7.22. The standard InChI is InChI=1S/C23H14F6N4O3S/c1-30-20(35)17-9-15(4-5-31-17)36-14-2-3-16-18(10-14)37-21(32-16)33-19(34)11-6-12(22(24,25)26)8-13(7-11)23(27,28)29/h2-10H,1H3,(H,30,35)(H,32,33,34). The van der Waals surface area contributed by atoms with Crippen molar-refractivity contribution >= 4 is 38.5 Å². The predicted octanol–water partition coefficient (Wildman–Crippen LogP) is 6.13. The van der Waals surface area contributed by atoms with Crippen LogP contribution in [0.2, 0.25) is 0 Å². The van der Waals surface area contributed by atoms with E-state index in [4.69, 9.17) is 4.74 Å². The van der Waals surface area contributed by atoms with Gasteiger partial charge < -0.3 is 10.1 Å². The third-order valence-electron chi connectivity index (χ3n) is 4.86. The third-order valence-corrected chi connectivity index (χ3v) is 5.79. The van der Waals surface area contributed by atoms with Gasteiger partial charge in [-0.25, -0.2) is 4.98 Å². The summed E-state index contributed by atoms with van der Waals surface area (Å²) in [6.45, 7) is 0. The van der Waals surface area contributed by atoms with E-state index in [-0.39, 0.29) is 16.9 Å². The van der Waals surface area contributed by atoms with Crippen LogP contribution in [-0.2, 0) is 12.4 Å². The van der Waals surface area contributed by atoms with E-state index in [0.717, 1.165) is 11.3 Å². The van der Waals surface area contributed by atoms with E-state index in [0.29, 0.717) is 33.8 Å². The van der Waals surface area contributed by atoms with Crippen LogP contribution in [0.15, 0.2) is 54.7 Å². The molecule has 2 aromatic heterocycles. The summed E-state index contributed by atoms with van der Waals surface area (Å²) >= 11 is 0.932. The molecule has 2 N–H and O–H groups in total. The fourth-order valence-electron chi connectivity index (χ4n) is 3.14. The Morgan fingerprint density at radius 1 is 0.865 bits per heavy atom. The molecule has 0 bridgehead atoms. The first-order valence-electron chi connectivity index (χ1n) is 10.2. The number of fused-ring (bicyclic) bond motifs is 1. The summed E-state index contributed by atoms with van der Waals surface area (Å²) in [6, 6.07) is 8.23. The second-order valence-corrected chi connectivity index (χ2v) is 8.49. The van der Waals surface area contributed by atoms with E-state index in [1.54, 1.807) is 18.2 Å². The molecule has 0 fully saturated rings. The number of halogens is 6. The largest absolute Gasteiger partial charge is 0.457 e. The summed E-state index contributed by atoms with van der Waals surface area (Å²) in [7, 11) is 1.45. The molecule has 4 rings (SSSR count). The van der Waals surface area contributed by atoms with Gasteiger partial charge in [0.25, 0.3) is 11.8 Å². The van der Waals surface area contributed by atoms with Crippen molar-refractivity contribution in [1.82, 2.24) is 15.3 Å². The fraction of sp³-hybridized carbons (Fsp3) is 0.130. The highest BCUT2D eigenvalue weighted by atomic mass is 32.1. The Bertz CT molecular complexity index is 1470. The van der Waals surface area contributed by atoms with Crippen LogP contribution in [0.4, 0.5) is 31.5 Å². The molecule has 37 heavy (non-hydrogen) atoms. The van der Waals surface area contributed by atoms with Crippen LogP contribution in [0, 0.1) is 0 Å². The monoisotopic (exact) mass is 540 g/mol. The number of anilines is 1. The smallest absolute Gasteiger partial charge is 0.416 e. The molecule has 0 radical (unpaired) electrons. The maximum absolute atomic E-state index is 13.1. The number of pyridine rings is 1. The van der Waals surface area contributed by atoms with E-state index in [1.807, 2.05) is 0 Å². The normalized spacial score (nSPS) is 11.9. The van der Waals surface area contributed by atoms with Crippen molar-refractivity contribution in [2.24, 2.45) is 0 Å². The third kappa shape index (κ3) is 5.97. The highest BCUT2D eigenvalue weighted by Gasteiger charge is 2.37. The van der Waals surface area contributed by atoms with Gasteiger partial charge >= 0.3 is 12.4 Å². The number of rotatable bonds is 5. The molecule has 0 aliphatic rings. The minimum absolute atomic E-state index is 0.0473. The summed E-state index contributed by atoms with van der Waals surface area (Å²) in [5, 5.41) is 4.63. The van der Waals surface area contributed by atoms with E-state index >= 15 is 0 Å². The average molecular weight is 540 g/mol. The minimum atomic E-state index is -5.08. The molecule has 0 aliphatic carbocycles. The lowest BCUT2D eigenvalue weighted by Gasteiger charge is -2.13. The molecule has 2 heterocycles. The number of carbonyl (C=O) groups excluding carboxylic acids is 2. The van der Waals surface area contributed by atoms with Gasteiger partial charge in [-0.2, -0.15) is 26.3 Å². The number of carbonyl (C=O) groups is 2. The summed E-state index contributed by atoms with van der Waals surface area (Å²) in [4.78, 5) is 32.3. The number of ether oxygens (including phenoxy) is 1. The van der Waals surface area contributed by atoms with E-state index in [1.165, 1.54) is 25.4 Å². The van der Waals surface area contributed by atoms with Crippen LogP contribution in [0.1, 0.15) is 32.0 Å². The molecule has 2 aromatic carbocycles. The van der Waals surface area contributed by atoms with Crippen molar-refractivity contribution in [3.8, 4) is 11.5 Å². The second kappa shape index (κ2) is 9.69. The van der Waals surface area contributed by atoms with Gasteiger partial charge in [-0.1, -0.05) is 11.3 Å². The van der Waals surface area contributed by atoms with Crippen molar-refractivity contribution in [3.63, 3.8) is 0 Å². The SMILES string of the molecule is CNC(=O)c1cc(Oc2ccc3nc(NC(=O)c4cc(C(F)(F)F)cc(C(F)(F)F)c4)sc3c2)ccn1. The molecule has 0 aliphatic heterocycles. The number of benzene rings is 2. The Morgan fingerprint density at radius 2 is 1.51 bits per heavy atom. The topological polar surface area (TPSA) is 93.2 Å². The van der Waals surface area contributed by atoms with Crippen molar-refractivity contribution < 1.29 is 40.7 Å². The Kier molecular flexibility index (Phi) is 6.78. The number of thiazole rings is 1. The van der Waals surface area contributed by atoms with E-state index in [2.05, 4.69) is 20.6 Å². The summed E-state index contributed by atoms with van der Waals surface area (Å²) < 4.78 is 84.8. The molecule has 14 heteroatoms. The van der Waals surface area contributed by atoms with E-state index < -0.39 is 40.9 Å². The zero-order valence-electron chi connectivity index (χ0n) is 18.5. The second-order valence-electron chi connectivity index (χ2n) is 7.46. The first-order chi connectivity index (χ1) is 17.3. The Morgan fingerprint density at radius 3 is 2.14 bits per heavy atom. The summed E-state index contributed by atoms with van der Waals surface area (Å²) in [5.41, 5.74) is -3.50. The molecule has 0 unspecified atom stereocenters. The van der Waals surface area contributed by atoms with Crippen LogP contribution in [0.25, 0.3) is 10.2 Å². The highest BCUT2D eigenvalue weighted by Crippen LogP contribution is 2.37. The molecule has 192 valence electrons. The molecule has 4 aromatic rings. The molecule has 0 saturated carbocycles. The Labute approximate surface area is 208 Å². The number of hydrogen-bond acceptors (Lipinski definition) is 6. The summed E-state index contributed by atoms with van der Waals surface area (Å²) in [6.07, 6.45) is -8.78. The number of nitrogens with zero attached hydrogens (tertiary/aromatic N) is 2. The molecule has 2 amide bonds. The number of hydrogen-bond donors (Lipinski definition) is 2. The number of aromatic nitrogens is 2. The van der Waals surface area contributed by atoms with Crippen LogP contribution in [0.3, 0.4) is 0 Å². The van der Waals surface area contributed by atoms with Gasteiger partial charge in [-0.15, -0.1) is 0 Å². The van der Waals surface area contributed by atoms with E-state index in [9.17, 15) is 35.9 Å². The fourth-order valence-corrected chi connectivity index (χ4v) is 4.03. The average Bonchev–Trinajstić information content (AvgIpc) is 3.23. The lowest BCUT2D eigenvalue weighted by atomic mass is 10.0. The molecule has 0 saturated heterocycles. The minimum Gasteiger partial charge on any atom is -0.457 e. The van der Waals surface area contributed by atoms with Gasteiger partial charge in [-0.3, -0.25) is 19.9 Å². The van der Waals surface area contributed by atoms with Gasteiger partial charge in [0.2, 0.25) is 0 Å². The maximum atomic E-state index is 13.1. The Hall–Kier alpha value is -4.20.